The van der Waals surface area contributed by atoms with Crippen molar-refractivity contribution >= 4 is 40.9 Å². The molecule has 1 heterocycles. The number of thioether (sulfide) groups is 1. The van der Waals surface area contributed by atoms with E-state index in [2.05, 4.69) is 15.5 Å². The first-order valence-corrected chi connectivity index (χ1v) is 11.2. The molecule has 0 aliphatic heterocycles. The van der Waals surface area contributed by atoms with Crippen LogP contribution in [-0.4, -0.2) is 33.0 Å². The Morgan fingerprint density at radius 2 is 1.93 bits per heavy atom. The lowest BCUT2D eigenvalue weighted by molar-refractivity contribution is 0.0937. The summed E-state index contributed by atoms with van der Waals surface area (Å²) < 4.78 is 7.71. The van der Waals surface area contributed by atoms with E-state index >= 15 is 0 Å². The number of para-hydroxylation sites is 1. The minimum atomic E-state index is -0.325. The molecular weight excluding hydrogens is 443 g/mol. The predicted molar refractivity (Wildman–Crippen MR) is 121 cm³/mol. The molecule has 3 aromatic rings. The standard InChI is InChI=1S/C21H22Cl2N4O2S/c1-3-27-19(14(2)24-20(28)15-9-10-17(22)18(23)13-15)25-26-21(27)30-12-11-29-16-7-5-4-6-8-16/h4-10,13-14H,3,11-12H2,1-2H3,(H,24,28)/t14-/m1/s1. The molecule has 30 heavy (non-hydrogen) atoms. The molecule has 0 radical (unpaired) electrons. The van der Waals surface area contributed by atoms with E-state index in [-0.39, 0.29) is 11.9 Å². The van der Waals surface area contributed by atoms with Crippen molar-refractivity contribution in [2.24, 2.45) is 0 Å². The van der Waals surface area contributed by atoms with E-state index in [1.165, 1.54) is 0 Å². The number of amides is 1. The maximum absolute atomic E-state index is 12.6. The number of carbonyl (C=O) groups excluding carboxylic acids is 1. The second-order valence-electron chi connectivity index (χ2n) is 6.42. The number of ether oxygens (including phenoxy) is 1. The summed E-state index contributed by atoms with van der Waals surface area (Å²) in [7, 11) is 0. The van der Waals surface area contributed by atoms with Crippen LogP contribution in [0.4, 0.5) is 0 Å². The highest BCUT2D eigenvalue weighted by Crippen LogP contribution is 2.24. The van der Waals surface area contributed by atoms with Crippen molar-refractivity contribution in [3.8, 4) is 5.75 Å². The van der Waals surface area contributed by atoms with Gasteiger partial charge in [0.15, 0.2) is 11.0 Å². The summed E-state index contributed by atoms with van der Waals surface area (Å²) in [4.78, 5) is 12.6. The quantitative estimate of drug-likeness (QED) is 0.345. The molecule has 2 aromatic carbocycles. The van der Waals surface area contributed by atoms with Gasteiger partial charge in [-0.3, -0.25) is 4.79 Å². The van der Waals surface area contributed by atoms with Crippen molar-refractivity contribution in [2.45, 2.75) is 31.6 Å². The molecule has 0 bridgehead atoms. The monoisotopic (exact) mass is 464 g/mol. The molecule has 0 saturated carbocycles. The Morgan fingerprint density at radius 1 is 1.17 bits per heavy atom. The summed E-state index contributed by atoms with van der Waals surface area (Å²) >= 11 is 13.5. The number of hydrogen-bond acceptors (Lipinski definition) is 5. The molecule has 0 spiro atoms. The van der Waals surface area contributed by atoms with Crippen LogP contribution in [0.1, 0.15) is 36.1 Å². The van der Waals surface area contributed by atoms with Gasteiger partial charge in [-0.2, -0.15) is 0 Å². The minimum absolute atomic E-state index is 0.253. The van der Waals surface area contributed by atoms with Crippen LogP contribution in [0.25, 0.3) is 0 Å². The summed E-state index contributed by atoms with van der Waals surface area (Å²) in [6.07, 6.45) is 0. The Hall–Kier alpha value is -2.22. The SMILES string of the molecule is CCn1c(SCCOc2ccccc2)nnc1[C@@H](C)NC(=O)c1ccc(Cl)c(Cl)c1. The van der Waals surface area contributed by atoms with E-state index < -0.39 is 0 Å². The Balaban J connectivity index is 1.59. The topological polar surface area (TPSA) is 69.0 Å². The first-order valence-electron chi connectivity index (χ1n) is 9.49. The van der Waals surface area contributed by atoms with Gasteiger partial charge < -0.3 is 14.6 Å². The van der Waals surface area contributed by atoms with Crippen LogP contribution in [0, 0.1) is 0 Å². The molecule has 9 heteroatoms. The van der Waals surface area contributed by atoms with Crippen molar-refractivity contribution in [3.63, 3.8) is 0 Å². The lowest BCUT2D eigenvalue weighted by atomic mass is 10.2. The Kier molecular flexibility index (Phi) is 8.01. The maximum atomic E-state index is 12.6. The van der Waals surface area contributed by atoms with Gasteiger partial charge in [0.05, 0.1) is 22.7 Å². The molecule has 1 atom stereocenters. The van der Waals surface area contributed by atoms with E-state index in [1.807, 2.05) is 48.7 Å². The van der Waals surface area contributed by atoms with Crippen LogP contribution in [0.15, 0.2) is 53.7 Å². The number of aromatic nitrogens is 3. The molecule has 6 nitrogen and oxygen atoms in total. The van der Waals surface area contributed by atoms with Crippen molar-refractivity contribution in [3.05, 3.63) is 70.0 Å². The number of hydrogen-bond donors (Lipinski definition) is 1. The van der Waals surface area contributed by atoms with Crippen molar-refractivity contribution in [1.29, 1.82) is 0 Å². The molecular formula is C21H22Cl2N4O2S. The third-order valence-electron chi connectivity index (χ3n) is 4.30. The van der Waals surface area contributed by atoms with E-state index in [9.17, 15) is 4.79 Å². The first-order chi connectivity index (χ1) is 14.5. The van der Waals surface area contributed by atoms with Gasteiger partial charge in [0, 0.05) is 17.9 Å². The van der Waals surface area contributed by atoms with Crippen LogP contribution < -0.4 is 10.1 Å². The highest BCUT2D eigenvalue weighted by molar-refractivity contribution is 7.99. The fourth-order valence-electron chi connectivity index (χ4n) is 2.82. The lowest BCUT2D eigenvalue weighted by Crippen LogP contribution is -2.28. The van der Waals surface area contributed by atoms with Crippen LogP contribution >= 0.6 is 35.0 Å². The number of benzene rings is 2. The minimum Gasteiger partial charge on any atom is -0.493 e. The smallest absolute Gasteiger partial charge is 0.251 e. The molecule has 0 aliphatic carbocycles. The average molecular weight is 465 g/mol. The Bertz CT molecular complexity index is 998. The molecule has 0 unspecified atom stereocenters. The van der Waals surface area contributed by atoms with Gasteiger partial charge in [-0.25, -0.2) is 0 Å². The molecule has 3 rings (SSSR count). The number of rotatable bonds is 9. The van der Waals surface area contributed by atoms with Gasteiger partial charge in [-0.05, 0) is 44.2 Å². The molecule has 158 valence electrons. The van der Waals surface area contributed by atoms with Crippen molar-refractivity contribution in [2.75, 3.05) is 12.4 Å². The number of nitrogens with one attached hydrogen (secondary N) is 1. The fourth-order valence-corrected chi connectivity index (χ4v) is 3.94. The molecule has 1 aromatic heterocycles. The Labute approximate surface area is 189 Å². The molecule has 0 saturated heterocycles. The zero-order chi connectivity index (χ0) is 21.5. The summed E-state index contributed by atoms with van der Waals surface area (Å²) in [6, 6.07) is 14.1. The fraction of sp³-hybridized carbons (Fsp3) is 0.286. The third-order valence-corrected chi connectivity index (χ3v) is 5.97. The van der Waals surface area contributed by atoms with E-state index in [4.69, 9.17) is 27.9 Å². The van der Waals surface area contributed by atoms with Gasteiger partial charge in [-0.1, -0.05) is 53.2 Å². The maximum Gasteiger partial charge on any atom is 0.251 e. The third kappa shape index (κ3) is 5.68. The average Bonchev–Trinajstić information content (AvgIpc) is 3.17. The normalized spacial score (nSPS) is 11.9. The molecule has 1 amide bonds. The van der Waals surface area contributed by atoms with E-state index in [0.717, 1.165) is 16.7 Å². The zero-order valence-corrected chi connectivity index (χ0v) is 19.0. The Morgan fingerprint density at radius 3 is 2.63 bits per heavy atom. The molecule has 0 aliphatic rings. The highest BCUT2D eigenvalue weighted by atomic mass is 35.5. The van der Waals surface area contributed by atoms with Gasteiger partial charge in [0.2, 0.25) is 0 Å². The van der Waals surface area contributed by atoms with Crippen LogP contribution in [0.2, 0.25) is 10.0 Å². The lowest BCUT2D eigenvalue weighted by Gasteiger charge is -2.15. The van der Waals surface area contributed by atoms with Gasteiger partial charge in [0.1, 0.15) is 5.75 Å². The van der Waals surface area contributed by atoms with Crippen molar-refractivity contribution in [1.82, 2.24) is 20.1 Å². The summed E-state index contributed by atoms with van der Waals surface area (Å²) in [5.41, 5.74) is 0.437. The zero-order valence-electron chi connectivity index (χ0n) is 16.6. The highest BCUT2D eigenvalue weighted by Gasteiger charge is 2.20. The van der Waals surface area contributed by atoms with E-state index in [1.54, 1.807) is 30.0 Å². The first kappa shape index (κ1) is 22.5. The second-order valence-corrected chi connectivity index (χ2v) is 8.30. The van der Waals surface area contributed by atoms with E-state index in [0.29, 0.717) is 34.6 Å². The number of nitrogens with zero attached hydrogens (tertiary/aromatic N) is 3. The second kappa shape index (κ2) is 10.7. The van der Waals surface area contributed by atoms with Gasteiger partial charge in [0.25, 0.3) is 5.91 Å². The predicted octanol–water partition coefficient (Wildman–Crippen LogP) is 5.27. The number of halogens is 2. The van der Waals surface area contributed by atoms with Gasteiger partial charge in [-0.15, -0.1) is 10.2 Å². The van der Waals surface area contributed by atoms with Crippen LogP contribution in [-0.2, 0) is 6.54 Å². The summed E-state index contributed by atoms with van der Waals surface area (Å²) in [5.74, 6) is 2.01. The molecule has 1 N–H and O–H groups in total. The van der Waals surface area contributed by atoms with Crippen LogP contribution in [0.5, 0.6) is 5.75 Å². The largest absolute Gasteiger partial charge is 0.493 e. The van der Waals surface area contributed by atoms with Crippen molar-refractivity contribution < 1.29 is 9.53 Å². The molecule has 0 fully saturated rings. The number of carbonyl (C=O) groups is 1. The summed E-state index contributed by atoms with van der Waals surface area (Å²) in [6.45, 7) is 5.14. The van der Waals surface area contributed by atoms with Gasteiger partial charge >= 0.3 is 0 Å². The summed E-state index contributed by atoms with van der Waals surface area (Å²) in [5, 5.41) is 13.1. The van der Waals surface area contributed by atoms with Crippen LogP contribution in [0.3, 0.4) is 0 Å².